The second-order valence-electron chi connectivity index (χ2n) is 5.83. The van der Waals surface area contributed by atoms with Gasteiger partial charge in [-0.05, 0) is 31.0 Å². The molecule has 1 heterocycles. The van der Waals surface area contributed by atoms with Gasteiger partial charge in [-0.15, -0.1) is 11.3 Å². The molecule has 0 fully saturated rings. The highest BCUT2D eigenvalue weighted by Crippen LogP contribution is 2.35. The Morgan fingerprint density at radius 3 is 2.61 bits per heavy atom. The molecule has 0 N–H and O–H groups in total. The molecule has 0 atom stereocenters. The van der Waals surface area contributed by atoms with E-state index in [1.54, 1.807) is 4.90 Å². The smallest absolute Gasteiger partial charge is 0.265 e. The number of aryl methyl sites for hydroxylation is 2. The standard InChI is InChI=1S/C19H18ClNOS/c1-12-8-9-14(13(2)10-12)11-21(3)19(22)18-17(20)15-6-4-5-7-16(15)23-18/h4-10H,11H2,1-3H3. The highest BCUT2D eigenvalue weighted by molar-refractivity contribution is 7.21. The minimum atomic E-state index is -0.0313. The van der Waals surface area contributed by atoms with E-state index in [-0.39, 0.29) is 5.91 Å². The maximum absolute atomic E-state index is 12.8. The second-order valence-corrected chi connectivity index (χ2v) is 7.26. The molecule has 1 amide bonds. The predicted octanol–water partition coefficient (Wildman–Crippen LogP) is 5.44. The van der Waals surface area contributed by atoms with E-state index in [1.165, 1.54) is 22.5 Å². The molecule has 0 bridgehead atoms. The van der Waals surface area contributed by atoms with Crippen molar-refractivity contribution >= 4 is 38.9 Å². The zero-order chi connectivity index (χ0) is 16.6. The fourth-order valence-corrected chi connectivity index (χ4v) is 4.18. The third kappa shape index (κ3) is 3.12. The Labute approximate surface area is 145 Å². The summed E-state index contributed by atoms with van der Waals surface area (Å²) in [5, 5.41) is 1.51. The summed E-state index contributed by atoms with van der Waals surface area (Å²) in [5.74, 6) is -0.0313. The lowest BCUT2D eigenvalue weighted by atomic mass is 10.1. The molecular formula is C19H18ClNOS. The summed E-state index contributed by atoms with van der Waals surface area (Å²) in [6, 6.07) is 14.1. The van der Waals surface area contributed by atoms with Crippen molar-refractivity contribution in [1.82, 2.24) is 4.90 Å². The Morgan fingerprint density at radius 1 is 1.17 bits per heavy atom. The number of rotatable bonds is 3. The van der Waals surface area contributed by atoms with Crippen LogP contribution in [0.4, 0.5) is 0 Å². The lowest BCUT2D eigenvalue weighted by Gasteiger charge is -2.18. The van der Waals surface area contributed by atoms with Gasteiger partial charge in [0, 0.05) is 23.7 Å². The molecule has 0 aliphatic rings. The van der Waals surface area contributed by atoms with E-state index >= 15 is 0 Å². The SMILES string of the molecule is Cc1ccc(CN(C)C(=O)c2sc3ccccc3c2Cl)c(C)c1. The zero-order valence-corrected chi connectivity index (χ0v) is 15.0. The van der Waals surface area contributed by atoms with Crippen LogP contribution in [0.25, 0.3) is 10.1 Å². The molecule has 118 valence electrons. The summed E-state index contributed by atoms with van der Waals surface area (Å²) in [6.45, 7) is 4.73. The molecule has 0 saturated carbocycles. The first-order valence-corrected chi connectivity index (χ1v) is 8.65. The van der Waals surface area contributed by atoms with Gasteiger partial charge in [-0.1, -0.05) is 53.6 Å². The van der Waals surface area contributed by atoms with Gasteiger partial charge in [-0.25, -0.2) is 0 Å². The molecule has 23 heavy (non-hydrogen) atoms. The number of thiophene rings is 1. The summed E-state index contributed by atoms with van der Waals surface area (Å²) in [7, 11) is 1.82. The fourth-order valence-electron chi connectivity index (χ4n) is 2.68. The Morgan fingerprint density at radius 2 is 1.91 bits per heavy atom. The maximum Gasteiger partial charge on any atom is 0.265 e. The van der Waals surface area contributed by atoms with Crippen LogP contribution in [0, 0.1) is 13.8 Å². The molecule has 0 saturated heterocycles. The van der Waals surface area contributed by atoms with Crippen molar-refractivity contribution in [1.29, 1.82) is 0 Å². The molecular weight excluding hydrogens is 326 g/mol. The highest BCUT2D eigenvalue weighted by atomic mass is 35.5. The van der Waals surface area contributed by atoms with E-state index in [2.05, 4.69) is 32.0 Å². The third-order valence-corrected chi connectivity index (χ3v) is 5.64. The van der Waals surface area contributed by atoms with Crippen molar-refractivity contribution in [3.05, 3.63) is 69.1 Å². The number of hydrogen-bond donors (Lipinski definition) is 0. The van der Waals surface area contributed by atoms with Crippen LogP contribution < -0.4 is 0 Å². The van der Waals surface area contributed by atoms with E-state index in [0.717, 1.165) is 15.6 Å². The molecule has 0 unspecified atom stereocenters. The largest absolute Gasteiger partial charge is 0.337 e. The van der Waals surface area contributed by atoms with Crippen LogP contribution in [0.1, 0.15) is 26.4 Å². The van der Waals surface area contributed by atoms with Crippen LogP contribution in [0.5, 0.6) is 0 Å². The molecule has 0 spiro atoms. The molecule has 0 aliphatic heterocycles. The molecule has 1 aromatic heterocycles. The molecule has 2 nitrogen and oxygen atoms in total. The lowest BCUT2D eigenvalue weighted by molar-refractivity contribution is 0.0790. The van der Waals surface area contributed by atoms with Gasteiger partial charge < -0.3 is 4.90 Å². The first-order valence-electron chi connectivity index (χ1n) is 7.46. The number of carbonyl (C=O) groups is 1. The van der Waals surface area contributed by atoms with Gasteiger partial charge in [0.1, 0.15) is 4.88 Å². The number of carbonyl (C=O) groups excluding carboxylic acids is 1. The van der Waals surface area contributed by atoms with E-state index in [0.29, 0.717) is 16.4 Å². The van der Waals surface area contributed by atoms with Crippen molar-refractivity contribution in [2.75, 3.05) is 7.05 Å². The molecule has 3 rings (SSSR count). The predicted molar refractivity (Wildman–Crippen MR) is 98.5 cm³/mol. The average Bonchev–Trinajstić information content (AvgIpc) is 2.87. The van der Waals surface area contributed by atoms with Crippen LogP contribution in [0.2, 0.25) is 5.02 Å². The second kappa shape index (κ2) is 6.34. The number of nitrogens with zero attached hydrogens (tertiary/aromatic N) is 1. The zero-order valence-electron chi connectivity index (χ0n) is 13.4. The number of halogens is 1. The lowest BCUT2D eigenvalue weighted by Crippen LogP contribution is -2.26. The van der Waals surface area contributed by atoms with Crippen LogP contribution in [0.3, 0.4) is 0 Å². The van der Waals surface area contributed by atoms with Crippen molar-refractivity contribution < 1.29 is 4.79 Å². The number of amides is 1. The number of hydrogen-bond acceptors (Lipinski definition) is 2. The molecule has 4 heteroatoms. The molecule has 2 aromatic carbocycles. The van der Waals surface area contributed by atoms with Gasteiger partial charge >= 0.3 is 0 Å². The fraction of sp³-hybridized carbons (Fsp3) is 0.211. The third-order valence-electron chi connectivity index (χ3n) is 3.98. The monoisotopic (exact) mass is 343 g/mol. The Balaban J connectivity index is 1.88. The van der Waals surface area contributed by atoms with Crippen molar-refractivity contribution in [3.8, 4) is 0 Å². The van der Waals surface area contributed by atoms with Gasteiger partial charge in [0.25, 0.3) is 5.91 Å². The van der Waals surface area contributed by atoms with Crippen LogP contribution >= 0.6 is 22.9 Å². The first-order chi connectivity index (χ1) is 11.0. The van der Waals surface area contributed by atoms with Crippen molar-refractivity contribution in [2.45, 2.75) is 20.4 Å². The topological polar surface area (TPSA) is 20.3 Å². The summed E-state index contributed by atoms with van der Waals surface area (Å²) >= 11 is 7.87. The molecule has 3 aromatic rings. The van der Waals surface area contributed by atoms with Crippen LogP contribution in [-0.4, -0.2) is 17.9 Å². The summed E-state index contributed by atoms with van der Waals surface area (Å²) in [4.78, 5) is 15.1. The van der Waals surface area contributed by atoms with Gasteiger partial charge in [-0.3, -0.25) is 4.79 Å². The van der Waals surface area contributed by atoms with Gasteiger partial charge in [0.2, 0.25) is 0 Å². The van der Waals surface area contributed by atoms with Gasteiger partial charge in [0.05, 0.1) is 5.02 Å². The Kier molecular flexibility index (Phi) is 4.42. The number of benzene rings is 2. The van der Waals surface area contributed by atoms with Crippen LogP contribution in [0.15, 0.2) is 42.5 Å². The number of fused-ring (bicyclic) bond motifs is 1. The van der Waals surface area contributed by atoms with Crippen LogP contribution in [-0.2, 0) is 6.54 Å². The van der Waals surface area contributed by atoms with E-state index in [4.69, 9.17) is 11.6 Å². The maximum atomic E-state index is 12.8. The minimum absolute atomic E-state index is 0.0313. The normalized spacial score (nSPS) is 11.0. The van der Waals surface area contributed by atoms with E-state index in [9.17, 15) is 4.79 Å². The Bertz CT molecular complexity index is 884. The molecule has 0 aliphatic carbocycles. The summed E-state index contributed by atoms with van der Waals surface area (Å²) in [5.41, 5.74) is 3.59. The average molecular weight is 344 g/mol. The van der Waals surface area contributed by atoms with Crippen molar-refractivity contribution in [3.63, 3.8) is 0 Å². The highest BCUT2D eigenvalue weighted by Gasteiger charge is 2.20. The minimum Gasteiger partial charge on any atom is -0.337 e. The van der Waals surface area contributed by atoms with E-state index < -0.39 is 0 Å². The van der Waals surface area contributed by atoms with E-state index in [1.807, 2.05) is 31.3 Å². The van der Waals surface area contributed by atoms with Crippen molar-refractivity contribution in [2.24, 2.45) is 0 Å². The van der Waals surface area contributed by atoms with Gasteiger partial charge in [-0.2, -0.15) is 0 Å². The quantitative estimate of drug-likeness (QED) is 0.619. The summed E-state index contributed by atoms with van der Waals surface area (Å²) in [6.07, 6.45) is 0. The molecule has 0 radical (unpaired) electrons. The van der Waals surface area contributed by atoms with Gasteiger partial charge in [0.15, 0.2) is 0 Å². The Hall–Kier alpha value is -1.84. The first kappa shape index (κ1) is 16.0. The summed E-state index contributed by atoms with van der Waals surface area (Å²) < 4.78 is 1.04.